The molecular formula is C15H17ClO. The van der Waals surface area contributed by atoms with Crippen molar-refractivity contribution < 1.29 is 4.79 Å². The predicted octanol–water partition coefficient (Wildman–Crippen LogP) is 4.20. The molecule has 1 atom stereocenters. The van der Waals surface area contributed by atoms with Crippen LogP contribution in [0.15, 0.2) is 35.4 Å². The molecule has 0 heterocycles. The van der Waals surface area contributed by atoms with Crippen molar-refractivity contribution in [3.63, 3.8) is 0 Å². The van der Waals surface area contributed by atoms with Gasteiger partial charge in [0.2, 0.25) is 0 Å². The number of carbonyl (C=O) groups is 1. The van der Waals surface area contributed by atoms with Crippen molar-refractivity contribution in [2.45, 2.75) is 33.1 Å². The molecule has 17 heavy (non-hydrogen) atoms. The van der Waals surface area contributed by atoms with Crippen LogP contribution in [0.1, 0.15) is 32.3 Å². The molecule has 1 aromatic rings. The van der Waals surface area contributed by atoms with E-state index in [4.69, 9.17) is 11.6 Å². The number of benzene rings is 1. The maximum Gasteiger partial charge on any atom is 0.162 e. The van der Waals surface area contributed by atoms with Gasteiger partial charge in [0.05, 0.1) is 0 Å². The third-order valence-corrected chi connectivity index (χ3v) is 3.66. The number of halogens is 1. The van der Waals surface area contributed by atoms with Gasteiger partial charge in [-0.15, -0.1) is 0 Å². The average Bonchev–Trinajstić information content (AvgIpc) is 2.64. The van der Waals surface area contributed by atoms with Crippen LogP contribution in [0.4, 0.5) is 0 Å². The van der Waals surface area contributed by atoms with Crippen molar-refractivity contribution in [3.8, 4) is 0 Å². The van der Waals surface area contributed by atoms with E-state index in [9.17, 15) is 4.79 Å². The van der Waals surface area contributed by atoms with Crippen LogP contribution in [-0.2, 0) is 11.2 Å². The van der Waals surface area contributed by atoms with Gasteiger partial charge in [0.25, 0.3) is 0 Å². The van der Waals surface area contributed by atoms with Gasteiger partial charge < -0.3 is 0 Å². The average molecular weight is 249 g/mol. The van der Waals surface area contributed by atoms with Crippen molar-refractivity contribution in [3.05, 3.63) is 46.0 Å². The highest BCUT2D eigenvalue weighted by Gasteiger charge is 2.29. The summed E-state index contributed by atoms with van der Waals surface area (Å²) >= 11 is 5.85. The quantitative estimate of drug-likeness (QED) is 0.717. The molecule has 90 valence electrons. The van der Waals surface area contributed by atoms with Gasteiger partial charge in [0.1, 0.15) is 0 Å². The lowest BCUT2D eigenvalue weighted by atomic mass is 9.96. The molecule has 2 rings (SSSR count). The van der Waals surface area contributed by atoms with E-state index in [-0.39, 0.29) is 5.92 Å². The summed E-state index contributed by atoms with van der Waals surface area (Å²) in [5.41, 5.74) is 3.42. The summed E-state index contributed by atoms with van der Waals surface area (Å²) < 4.78 is 0. The predicted molar refractivity (Wildman–Crippen MR) is 71.3 cm³/mol. The zero-order chi connectivity index (χ0) is 12.4. The van der Waals surface area contributed by atoms with Gasteiger partial charge in [-0.05, 0) is 56.4 Å². The van der Waals surface area contributed by atoms with Crippen molar-refractivity contribution in [2.24, 2.45) is 5.92 Å². The minimum absolute atomic E-state index is 0.168. The summed E-state index contributed by atoms with van der Waals surface area (Å²) in [6.45, 7) is 4.05. The first-order valence-electron chi connectivity index (χ1n) is 6.03. The lowest BCUT2D eigenvalue weighted by Gasteiger charge is -2.08. The van der Waals surface area contributed by atoms with Crippen LogP contribution in [0.5, 0.6) is 0 Å². The molecule has 1 unspecified atom stereocenters. The first-order chi connectivity index (χ1) is 8.08. The number of hydrogen-bond acceptors (Lipinski definition) is 1. The fourth-order valence-corrected chi connectivity index (χ4v) is 2.54. The van der Waals surface area contributed by atoms with Crippen LogP contribution in [0.3, 0.4) is 0 Å². The third kappa shape index (κ3) is 2.78. The molecule has 0 saturated heterocycles. The molecule has 0 spiro atoms. The largest absolute Gasteiger partial charge is 0.294 e. The lowest BCUT2D eigenvalue weighted by molar-refractivity contribution is -0.117. The number of rotatable bonds is 2. The Hall–Kier alpha value is -1.08. The highest BCUT2D eigenvalue weighted by Crippen LogP contribution is 2.31. The minimum Gasteiger partial charge on any atom is -0.294 e. The Bertz CT molecular complexity index is 452. The van der Waals surface area contributed by atoms with E-state index in [1.807, 2.05) is 38.1 Å². The van der Waals surface area contributed by atoms with E-state index in [2.05, 4.69) is 0 Å². The maximum absolute atomic E-state index is 12.1. The first-order valence-corrected chi connectivity index (χ1v) is 6.40. The standard InChI is InChI=1S/C15H17ClO/c1-10(2)14-8-5-12(15(14)17)9-11-3-6-13(16)7-4-11/h3-4,6-7,12H,5,8-9H2,1-2H3. The molecule has 0 aliphatic heterocycles. The van der Waals surface area contributed by atoms with Gasteiger partial charge in [-0.25, -0.2) is 0 Å². The normalized spacial score (nSPS) is 19.8. The Morgan fingerprint density at radius 3 is 2.47 bits per heavy atom. The highest BCUT2D eigenvalue weighted by molar-refractivity contribution is 6.30. The van der Waals surface area contributed by atoms with Gasteiger partial charge in [-0.2, -0.15) is 0 Å². The molecule has 2 heteroatoms. The van der Waals surface area contributed by atoms with Gasteiger partial charge in [0.15, 0.2) is 5.78 Å². The molecule has 0 aromatic heterocycles. The Labute approximate surface area is 107 Å². The fourth-order valence-electron chi connectivity index (χ4n) is 2.42. The number of carbonyl (C=O) groups excluding carboxylic acids is 1. The minimum atomic E-state index is 0.168. The topological polar surface area (TPSA) is 17.1 Å². The number of hydrogen-bond donors (Lipinski definition) is 0. The van der Waals surface area contributed by atoms with Crippen molar-refractivity contribution in [1.29, 1.82) is 0 Å². The van der Waals surface area contributed by atoms with Crippen LogP contribution in [0, 0.1) is 5.92 Å². The van der Waals surface area contributed by atoms with E-state index in [0.29, 0.717) is 5.78 Å². The van der Waals surface area contributed by atoms with Crippen molar-refractivity contribution in [1.82, 2.24) is 0 Å². The monoisotopic (exact) mass is 248 g/mol. The first kappa shape index (κ1) is 12.4. The van der Waals surface area contributed by atoms with Crippen molar-refractivity contribution in [2.75, 3.05) is 0 Å². The summed E-state index contributed by atoms with van der Waals surface area (Å²) in [5.74, 6) is 0.515. The highest BCUT2D eigenvalue weighted by atomic mass is 35.5. The van der Waals surface area contributed by atoms with Crippen LogP contribution < -0.4 is 0 Å². The Morgan fingerprint density at radius 2 is 1.94 bits per heavy atom. The Kier molecular flexibility index (Phi) is 3.68. The lowest BCUT2D eigenvalue weighted by Crippen LogP contribution is -2.11. The molecule has 0 N–H and O–H groups in total. The maximum atomic E-state index is 12.1. The molecule has 1 aliphatic rings. The molecule has 1 aromatic carbocycles. The van der Waals surface area contributed by atoms with E-state index in [1.165, 1.54) is 11.1 Å². The van der Waals surface area contributed by atoms with E-state index in [1.54, 1.807) is 0 Å². The van der Waals surface area contributed by atoms with Gasteiger partial charge in [-0.3, -0.25) is 4.79 Å². The summed E-state index contributed by atoms with van der Waals surface area (Å²) in [7, 11) is 0. The number of allylic oxidation sites excluding steroid dienone is 2. The zero-order valence-corrected chi connectivity index (χ0v) is 11.1. The second kappa shape index (κ2) is 5.05. The van der Waals surface area contributed by atoms with Gasteiger partial charge >= 0.3 is 0 Å². The molecule has 1 fully saturated rings. The van der Waals surface area contributed by atoms with Gasteiger partial charge in [0, 0.05) is 10.9 Å². The van der Waals surface area contributed by atoms with Crippen LogP contribution in [0.25, 0.3) is 0 Å². The molecule has 1 saturated carbocycles. The van der Waals surface area contributed by atoms with Crippen LogP contribution in [0.2, 0.25) is 5.02 Å². The Morgan fingerprint density at radius 1 is 1.29 bits per heavy atom. The summed E-state index contributed by atoms with van der Waals surface area (Å²) in [4.78, 5) is 12.1. The fraction of sp³-hybridized carbons (Fsp3) is 0.400. The molecule has 1 aliphatic carbocycles. The SMILES string of the molecule is CC(C)=C1CCC(Cc2ccc(Cl)cc2)C1=O. The van der Waals surface area contributed by atoms with Crippen molar-refractivity contribution >= 4 is 17.4 Å². The summed E-state index contributed by atoms with van der Waals surface area (Å²) in [6.07, 6.45) is 2.77. The van der Waals surface area contributed by atoms with E-state index < -0.39 is 0 Å². The number of Topliss-reactive ketones (excluding diaryl/α,β-unsaturated/α-hetero) is 1. The molecule has 0 bridgehead atoms. The zero-order valence-electron chi connectivity index (χ0n) is 10.3. The smallest absolute Gasteiger partial charge is 0.162 e. The molecule has 0 amide bonds. The van der Waals surface area contributed by atoms with Crippen LogP contribution >= 0.6 is 11.6 Å². The molecular weight excluding hydrogens is 232 g/mol. The number of ketones is 1. The second-order valence-electron chi connectivity index (χ2n) is 4.91. The van der Waals surface area contributed by atoms with E-state index >= 15 is 0 Å². The third-order valence-electron chi connectivity index (χ3n) is 3.41. The molecule has 1 nitrogen and oxygen atoms in total. The summed E-state index contributed by atoms with van der Waals surface area (Å²) in [5, 5.41) is 0.747. The van der Waals surface area contributed by atoms with Gasteiger partial charge in [-0.1, -0.05) is 29.3 Å². The second-order valence-corrected chi connectivity index (χ2v) is 5.35. The molecule has 0 radical (unpaired) electrons. The van der Waals surface area contributed by atoms with Crippen LogP contribution in [-0.4, -0.2) is 5.78 Å². The summed E-state index contributed by atoms with van der Waals surface area (Å²) in [6, 6.07) is 7.79. The Balaban J connectivity index is 2.09. The van der Waals surface area contributed by atoms with E-state index in [0.717, 1.165) is 29.9 Å².